The standard InChI is InChI=1S/C13H16ClFN2O/c14-11-2-1-3-12(15)10(11)6-13(18)17-5-4-9(7-16)8-17/h1-3,9H,4-8,16H2. The number of likely N-dealkylation sites (tertiary alicyclic amines) is 1. The fourth-order valence-electron chi connectivity index (χ4n) is 2.22. The molecular formula is C13H16ClFN2O. The SMILES string of the molecule is NCC1CCN(C(=O)Cc2c(F)cccc2Cl)C1. The number of rotatable bonds is 3. The number of amides is 1. The van der Waals surface area contributed by atoms with Crippen LogP contribution in [0.5, 0.6) is 0 Å². The Morgan fingerprint density at radius 1 is 1.56 bits per heavy atom. The topological polar surface area (TPSA) is 46.3 Å². The zero-order chi connectivity index (χ0) is 13.1. The molecule has 0 bridgehead atoms. The molecule has 98 valence electrons. The van der Waals surface area contributed by atoms with Crippen LogP contribution in [0.25, 0.3) is 0 Å². The lowest BCUT2D eigenvalue weighted by atomic mass is 10.1. The van der Waals surface area contributed by atoms with Crippen LogP contribution >= 0.6 is 11.6 Å². The van der Waals surface area contributed by atoms with Crippen LogP contribution in [0.3, 0.4) is 0 Å². The normalized spacial score (nSPS) is 19.3. The van der Waals surface area contributed by atoms with Gasteiger partial charge in [-0.15, -0.1) is 0 Å². The van der Waals surface area contributed by atoms with Crippen molar-refractivity contribution < 1.29 is 9.18 Å². The molecule has 1 aromatic rings. The Morgan fingerprint density at radius 2 is 2.33 bits per heavy atom. The third-order valence-corrected chi connectivity index (χ3v) is 3.72. The number of benzene rings is 1. The summed E-state index contributed by atoms with van der Waals surface area (Å²) in [6.07, 6.45) is 0.941. The van der Waals surface area contributed by atoms with Crippen LogP contribution in [-0.2, 0) is 11.2 Å². The maximum Gasteiger partial charge on any atom is 0.227 e. The van der Waals surface area contributed by atoms with Gasteiger partial charge in [0.1, 0.15) is 5.82 Å². The van der Waals surface area contributed by atoms with Gasteiger partial charge in [0.05, 0.1) is 6.42 Å². The minimum Gasteiger partial charge on any atom is -0.342 e. The van der Waals surface area contributed by atoms with Crippen molar-refractivity contribution in [1.29, 1.82) is 0 Å². The van der Waals surface area contributed by atoms with Gasteiger partial charge < -0.3 is 10.6 Å². The van der Waals surface area contributed by atoms with E-state index in [1.165, 1.54) is 12.1 Å². The smallest absolute Gasteiger partial charge is 0.227 e. The Kier molecular flexibility index (Phi) is 4.19. The summed E-state index contributed by atoms with van der Waals surface area (Å²) in [7, 11) is 0. The highest BCUT2D eigenvalue weighted by atomic mass is 35.5. The molecule has 0 aromatic heterocycles. The van der Waals surface area contributed by atoms with Gasteiger partial charge in [0, 0.05) is 23.7 Å². The number of nitrogens with two attached hydrogens (primary N) is 1. The van der Waals surface area contributed by atoms with Crippen molar-refractivity contribution in [3.63, 3.8) is 0 Å². The number of carbonyl (C=O) groups is 1. The average molecular weight is 271 g/mol. The van der Waals surface area contributed by atoms with Crippen LogP contribution in [0.4, 0.5) is 4.39 Å². The molecule has 1 aliphatic rings. The molecule has 0 spiro atoms. The van der Waals surface area contributed by atoms with Crippen LogP contribution < -0.4 is 5.73 Å². The summed E-state index contributed by atoms with van der Waals surface area (Å²) in [6.45, 7) is 1.96. The summed E-state index contributed by atoms with van der Waals surface area (Å²) in [4.78, 5) is 13.8. The van der Waals surface area contributed by atoms with Crippen LogP contribution in [-0.4, -0.2) is 30.4 Å². The highest BCUT2D eigenvalue weighted by Gasteiger charge is 2.26. The molecule has 0 saturated carbocycles. The van der Waals surface area contributed by atoms with Gasteiger partial charge in [-0.25, -0.2) is 4.39 Å². The van der Waals surface area contributed by atoms with E-state index in [-0.39, 0.29) is 17.9 Å². The zero-order valence-corrected chi connectivity index (χ0v) is 10.8. The Bertz CT molecular complexity index is 432. The maximum atomic E-state index is 13.6. The lowest BCUT2D eigenvalue weighted by molar-refractivity contribution is -0.129. The highest BCUT2D eigenvalue weighted by Crippen LogP contribution is 2.22. The highest BCUT2D eigenvalue weighted by molar-refractivity contribution is 6.31. The number of hydrogen-bond donors (Lipinski definition) is 1. The molecule has 1 aromatic carbocycles. The molecule has 1 atom stereocenters. The summed E-state index contributed by atoms with van der Waals surface area (Å²) >= 11 is 5.91. The quantitative estimate of drug-likeness (QED) is 0.911. The van der Waals surface area contributed by atoms with Gasteiger partial charge >= 0.3 is 0 Å². The summed E-state index contributed by atoms with van der Waals surface area (Å²) in [5.74, 6) is -0.145. The summed E-state index contributed by atoms with van der Waals surface area (Å²) in [5.41, 5.74) is 5.86. The second-order valence-corrected chi connectivity index (χ2v) is 5.01. The van der Waals surface area contributed by atoms with Crippen LogP contribution in [0, 0.1) is 11.7 Å². The maximum absolute atomic E-state index is 13.6. The number of nitrogens with zero attached hydrogens (tertiary/aromatic N) is 1. The van der Waals surface area contributed by atoms with Crippen LogP contribution in [0.2, 0.25) is 5.02 Å². The predicted octanol–water partition coefficient (Wildman–Crippen LogP) is 1.83. The second kappa shape index (κ2) is 5.67. The van der Waals surface area contributed by atoms with Crippen LogP contribution in [0.15, 0.2) is 18.2 Å². The van der Waals surface area contributed by atoms with Crippen molar-refractivity contribution in [3.05, 3.63) is 34.6 Å². The van der Waals surface area contributed by atoms with E-state index in [9.17, 15) is 9.18 Å². The third-order valence-electron chi connectivity index (χ3n) is 3.36. The van der Waals surface area contributed by atoms with E-state index < -0.39 is 5.82 Å². The fraction of sp³-hybridized carbons (Fsp3) is 0.462. The van der Waals surface area contributed by atoms with Gasteiger partial charge in [0.15, 0.2) is 0 Å². The van der Waals surface area contributed by atoms with Crippen LogP contribution in [0.1, 0.15) is 12.0 Å². The monoisotopic (exact) mass is 270 g/mol. The molecule has 1 fully saturated rings. The van der Waals surface area contributed by atoms with Gasteiger partial charge in [-0.05, 0) is 31.0 Å². The number of halogens is 2. The second-order valence-electron chi connectivity index (χ2n) is 4.61. The predicted molar refractivity (Wildman–Crippen MR) is 68.9 cm³/mol. The van der Waals surface area contributed by atoms with E-state index >= 15 is 0 Å². The first-order valence-corrected chi connectivity index (χ1v) is 6.40. The summed E-state index contributed by atoms with van der Waals surface area (Å²) in [5, 5.41) is 0.304. The average Bonchev–Trinajstić information content (AvgIpc) is 2.82. The van der Waals surface area contributed by atoms with Crippen molar-refractivity contribution in [2.75, 3.05) is 19.6 Å². The van der Waals surface area contributed by atoms with E-state index in [0.717, 1.165) is 6.42 Å². The van der Waals surface area contributed by atoms with Crippen molar-refractivity contribution in [2.45, 2.75) is 12.8 Å². The molecule has 5 heteroatoms. The van der Waals surface area contributed by atoms with E-state index in [4.69, 9.17) is 17.3 Å². The first-order chi connectivity index (χ1) is 8.61. The fourth-order valence-corrected chi connectivity index (χ4v) is 2.45. The Morgan fingerprint density at radius 3 is 2.94 bits per heavy atom. The minimum atomic E-state index is -0.426. The molecule has 2 rings (SSSR count). The molecule has 1 saturated heterocycles. The number of carbonyl (C=O) groups excluding carboxylic acids is 1. The van der Waals surface area contributed by atoms with Gasteiger partial charge in [-0.2, -0.15) is 0 Å². The van der Waals surface area contributed by atoms with Gasteiger partial charge in [0.25, 0.3) is 0 Å². The molecule has 18 heavy (non-hydrogen) atoms. The first kappa shape index (κ1) is 13.3. The van der Waals surface area contributed by atoms with E-state index in [2.05, 4.69) is 0 Å². The summed E-state index contributed by atoms with van der Waals surface area (Å²) < 4.78 is 13.6. The van der Waals surface area contributed by atoms with Crippen molar-refractivity contribution in [1.82, 2.24) is 4.90 Å². The Balaban J connectivity index is 2.04. The van der Waals surface area contributed by atoms with Gasteiger partial charge in [-0.3, -0.25) is 4.79 Å². The minimum absolute atomic E-state index is 0.0167. The Labute approximate surface area is 111 Å². The lowest BCUT2D eigenvalue weighted by Gasteiger charge is -2.17. The molecule has 1 heterocycles. The molecular weight excluding hydrogens is 255 g/mol. The third kappa shape index (κ3) is 2.82. The van der Waals surface area contributed by atoms with Crippen molar-refractivity contribution >= 4 is 17.5 Å². The molecule has 1 aliphatic heterocycles. The zero-order valence-electron chi connectivity index (χ0n) is 10.0. The molecule has 1 unspecified atom stereocenters. The lowest BCUT2D eigenvalue weighted by Crippen LogP contribution is -2.31. The molecule has 3 nitrogen and oxygen atoms in total. The Hall–Kier alpha value is -1.13. The van der Waals surface area contributed by atoms with Gasteiger partial charge in [0.2, 0.25) is 5.91 Å². The first-order valence-electron chi connectivity index (χ1n) is 6.02. The van der Waals surface area contributed by atoms with Crippen molar-refractivity contribution in [2.24, 2.45) is 11.7 Å². The molecule has 0 aliphatic carbocycles. The summed E-state index contributed by atoms with van der Waals surface area (Å²) in [6, 6.07) is 4.45. The van der Waals surface area contributed by atoms with E-state index in [1.807, 2.05) is 0 Å². The van der Waals surface area contributed by atoms with Gasteiger partial charge in [-0.1, -0.05) is 17.7 Å². The van der Waals surface area contributed by atoms with Crippen molar-refractivity contribution in [3.8, 4) is 0 Å². The molecule has 1 amide bonds. The number of hydrogen-bond acceptors (Lipinski definition) is 2. The van der Waals surface area contributed by atoms with E-state index in [0.29, 0.717) is 30.6 Å². The largest absolute Gasteiger partial charge is 0.342 e. The molecule has 0 radical (unpaired) electrons. The molecule has 2 N–H and O–H groups in total. The van der Waals surface area contributed by atoms with E-state index in [1.54, 1.807) is 11.0 Å².